The van der Waals surface area contributed by atoms with E-state index in [2.05, 4.69) is 38.2 Å². The Balaban J connectivity index is 1.67. The van der Waals surface area contributed by atoms with Crippen molar-refractivity contribution in [1.82, 2.24) is 19.7 Å². The third-order valence-corrected chi connectivity index (χ3v) is 4.27. The quantitative estimate of drug-likeness (QED) is 0.539. The Hall–Kier alpha value is -3.29. The molecule has 0 radical (unpaired) electrons. The van der Waals surface area contributed by atoms with Gasteiger partial charge in [0, 0.05) is 24.8 Å². The Morgan fingerprint density at radius 1 is 1.20 bits per heavy atom. The number of aromatic nitrogens is 4. The maximum Gasteiger partial charge on any atom is 0.307 e. The molecule has 2 aromatic heterocycles. The Morgan fingerprint density at radius 3 is 2.76 bits per heavy atom. The molecule has 3 heterocycles. The lowest BCUT2D eigenvalue weighted by molar-refractivity contribution is -0.384. The lowest BCUT2D eigenvalue weighted by Crippen LogP contribution is -2.31. The van der Waals surface area contributed by atoms with Crippen molar-refractivity contribution in [2.24, 2.45) is 0 Å². The van der Waals surface area contributed by atoms with Gasteiger partial charge in [-0.15, -0.1) is 0 Å². The number of anilines is 1. The summed E-state index contributed by atoms with van der Waals surface area (Å²) in [5.41, 5.74) is 3.37. The summed E-state index contributed by atoms with van der Waals surface area (Å²) >= 11 is 0. The standard InChI is InChI=1S/C17H16N6O2/c1-12-8-16(21-7-6-13-4-2-3-5-14(13)10-21)20-17(19-12)22-11-15(9-18-22)23(24)25/h2-5,8-9,11H,6-7,10H2,1H3. The fraction of sp³-hybridized carbons (Fsp3) is 0.235. The summed E-state index contributed by atoms with van der Waals surface area (Å²) in [6.45, 7) is 3.53. The molecule has 0 unspecified atom stereocenters. The summed E-state index contributed by atoms with van der Waals surface area (Å²) in [6, 6.07) is 10.3. The van der Waals surface area contributed by atoms with Crippen molar-refractivity contribution in [3.63, 3.8) is 0 Å². The first kappa shape index (κ1) is 15.3. The van der Waals surface area contributed by atoms with E-state index >= 15 is 0 Å². The van der Waals surface area contributed by atoms with Crippen molar-refractivity contribution in [2.75, 3.05) is 11.4 Å². The smallest absolute Gasteiger partial charge is 0.307 e. The SMILES string of the molecule is Cc1cc(N2CCc3ccccc3C2)nc(-n2cc([N+](=O)[O-])cn2)n1. The molecular formula is C17H16N6O2. The molecular weight excluding hydrogens is 320 g/mol. The molecule has 0 fully saturated rings. The molecule has 0 aliphatic carbocycles. The van der Waals surface area contributed by atoms with E-state index in [1.54, 1.807) is 0 Å². The Labute approximate surface area is 143 Å². The fourth-order valence-corrected chi connectivity index (χ4v) is 3.01. The van der Waals surface area contributed by atoms with Gasteiger partial charge >= 0.3 is 5.69 Å². The van der Waals surface area contributed by atoms with Crippen LogP contribution in [0.4, 0.5) is 11.5 Å². The Kier molecular flexibility index (Phi) is 3.64. The van der Waals surface area contributed by atoms with Crippen LogP contribution in [0.15, 0.2) is 42.7 Å². The molecule has 0 amide bonds. The monoisotopic (exact) mass is 336 g/mol. The van der Waals surface area contributed by atoms with Crippen molar-refractivity contribution < 1.29 is 4.92 Å². The molecule has 0 saturated heterocycles. The van der Waals surface area contributed by atoms with Gasteiger partial charge in [0.05, 0.1) is 4.92 Å². The van der Waals surface area contributed by atoms with Crippen molar-refractivity contribution in [3.8, 4) is 5.95 Å². The highest BCUT2D eigenvalue weighted by Gasteiger charge is 2.19. The number of hydrogen-bond donors (Lipinski definition) is 0. The number of nitro groups is 1. The minimum Gasteiger partial charge on any atom is -0.352 e. The number of hydrogen-bond acceptors (Lipinski definition) is 6. The van der Waals surface area contributed by atoms with Crippen molar-refractivity contribution in [2.45, 2.75) is 19.9 Å². The molecule has 0 N–H and O–H groups in total. The van der Waals surface area contributed by atoms with Gasteiger partial charge in [-0.1, -0.05) is 24.3 Å². The molecule has 25 heavy (non-hydrogen) atoms. The second-order valence-electron chi connectivity index (χ2n) is 6.01. The summed E-state index contributed by atoms with van der Waals surface area (Å²) in [6.07, 6.45) is 3.48. The third kappa shape index (κ3) is 2.93. The van der Waals surface area contributed by atoms with Crippen LogP contribution in [0.25, 0.3) is 5.95 Å². The molecule has 8 nitrogen and oxygen atoms in total. The second-order valence-corrected chi connectivity index (χ2v) is 6.01. The molecule has 1 aliphatic rings. The summed E-state index contributed by atoms with van der Waals surface area (Å²) < 4.78 is 1.34. The molecule has 8 heteroatoms. The highest BCUT2D eigenvalue weighted by molar-refractivity contribution is 5.46. The van der Waals surface area contributed by atoms with Gasteiger partial charge in [-0.3, -0.25) is 10.1 Å². The predicted octanol–water partition coefficient (Wildman–Crippen LogP) is 2.44. The highest BCUT2D eigenvalue weighted by Crippen LogP contribution is 2.24. The Morgan fingerprint density at radius 2 is 2.00 bits per heavy atom. The molecule has 1 aromatic carbocycles. The first-order valence-corrected chi connectivity index (χ1v) is 7.97. The Bertz CT molecular complexity index is 952. The average Bonchev–Trinajstić information content (AvgIpc) is 3.11. The van der Waals surface area contributed by atoms with E-state index in [0.29, 0.717) is 5.95 Å². The van der Waals surface area contributed by atoms with Gasteiger partial charge in [0.1, 0.15) is 18.2 Å². The lowest BCUT2D eigenvalue weighted by atomic mass is 10.00. The summed E-state index contributed by atoms with van der Waals surface area (Å²) in [5.74, 6) is 1.14. The number of rotatable bonds is 3. The molecule has 0 bridgehead atoms. The fourth-order valence-electron chi connectivity index (χ4n) is 3.01. The van der Waals surface area contributed by atoms with E-state index in [9.17, 15) is 10.1 Å². The minimum atomic E-state index is -0.484. The number of benzene rings is 1. The van der Waals surface area contributed by atoms with Gasteiger partial charge in [-0.2, -0.15) is 14.8 Å². The van der Waals surface area contributed by atoms with Crippen molar-refractivity contribution in [3.05, 3.63) is 69.7 Å². The van der Waals surface area contributed by atoms with Crippen LogP contribution in [0, 0.1) is 17.0 Å². The van der Waals surface area contributed by atoms with Crippen LogP contribution >= 0.6 is 0 Å². The van der Waals surface area contributed by atoms with Crippen LogP contribution in [0.5, 0.6) is 0 Å². The van der Waals surface area contributed by atoms with Gasteiger partial charge in [0.15, 0.2) is 0 Å². The minimum absolute atomic E-state index is 0.0847. The molecule has 1 aliphatic heterocycles. The average molecular weight is 336 g/mol. The van der Waals surface area contributed by atoms with Gasteiger partial charge in [0.2, 0.25) is 0 Å². The van der Waals surface area contributed by atoms with Gasteiger partial charge in [-0.05, 0) is 24.5 Å². The topological polar surface area (TPSA) is 90.0 Å². The number of nitrogens with zero attached hydrogens (tertiary/aromatic N) is 6. The first-order valence-electron chi connectivity index (χ1n) is 7.97. The lowest BCUT2D eigenvalue weighted by Gasteiger charge is -2.30. The van der Waals surface area contributed by atoms with Crippen LogP contribution in [0.2, 0.25) is 0 Å². The third-order valence-electron chi connectivity index (χ3n) is 4.27. The maximum absolute atomic E-state index is 10.8. The van der Waals surface area contributed by atoms with Gasteiger partial charge in [0.25, 0.3) is 5.95 Å². The zero-order valence-electron chi connectivity index (χ0n) is 13.7. The second kappa shape index (κ2) is 5.97. The van der Waals surface area contributed by atoms with E-state index in [1.807, 2.05) is 19.1 Å². The van der Waals surface area contributed by atoms with E-state index in [0.717, 1.165) is 31.0 Å². The van der Waals surface area contributed by atoms with E-state index in [-0.39, 0.29) is 5.69 Å². The number of fused-ring (bicyclic) bond motifs is 1. The van der Waals surface area contributed by atoms with Crippen LogP contribution in [-0.2, 0) is 13.0 Å². The van der Waals surface area contributed by atoms with Crippen LogP contribution in [-0.4, -0.2) is 31.2 Å². The van der Waals surface area contributed by atoms with Gasteiger partial charge < -0.3 is 4.90 Å². The predicted molar refractivity (Wildman–Crippen MR) is 91.7 cm³/mol. The maximum atomic E-state index is 10.8. The normalized spacial score (nSPS) is 13.6. The summed E-state index contributed by atoms with van der Waals surface area (Å²) in [4.78, 5) is 21.5. The largest absolute Gasteiger partial charge is 0.352 e. The van der Waals surface area contributed by atoms with E-state index in [1.165, 1.54) is 28.2 Å². The van der Waals surface area contributed by atoms with Crippen LogP contribution in [0.3, 0.4) is 0 Å². The van der Waals surface area contributed by atoms with E-state index in [4.69, 9.17) is 0 Å². The molecule has 3 aromatic rings. The molecule has 0 atom stereocenters. The zero-order valence-corrected chi connectivity index (χ0v) is 13.7. The van der Waals surface area contributed by atoms with Crippen LogP contribution in [0.1, 0.15) is 16.8 Å². The molecule has 0 spiro atoms. The summed E-state index contributed by atoms with van der Waals surface area (Å²) in [5, 5.41) is 14.8. The molecule has 0 saturated carbocycles. The highest BCUT2D eigenvalue weighted by atomic mass is 16.6. The van der Waals surface area contributed by atoms with Crippen molar-refractivity contribution in [1.29, 1.82) is 0 Å². The van der Waals surface area contributed by atoms with Gasteiger partial charge in [-0.25, -0.2) is 4.98 Å². The first-order chi connectivity index (χ1) is 12.1. The van der Waals surface area contributed by atoms with Crippen molar-refractivity contribution >= 4 is 11.5 Å². The molecule has 126 valence electrons. The summed E-state index contributed by atoms with van der Waals surface area (Å²) in [7, 11) is 0. The zero-order chi connectivity index (χ0) is 17.4. The van der Waals surface area contributed by atoms with E-state index < -0.39 is 4.92 Å². The molecule has 4 rings (SSSR count). The number of aryl methyl sites for hydroxylation is 1. The van der Waals surface area contributed by atoms with Crippen LogP contribution < -0.4 is 4.90 Å².